The number of aliphatic carboxylic acids is 1. The molecule has 0 spiro atoms. The second kappa shape index (κ2) is 5.64. The predicted molar refractivity (Wildman–Crippen MR) is 73.3 cm³/mol. The standard InChI is InChI=1S/C14H21N3O3/c1-3-4-14(13(19)20)5-7-17(8-6-14)12(18)11-9-15-10-16(11)2/h9-10H,3-8H2,1-2H3,(H,19,20). The van der Waals surface area contributed by atoms with E-state index in [0.717, 1.165) is 6.42 Å². The van der Waals surface area contributed by atoms with Crippen LogP contribution in [0.1, 0.15) is 43.1 Å². The van der Waals surface area contributed by atoms with Gasteiger partial charge in [0.1, 0.15) is 5.69 Å². The molecule has 2 rings (SSSR count). The van der Waals surface area contributed by atoms with Crippen LogP contribution in [0.3, 0.4) is 0 Å². The van der Waals surface area contributed by atoms with Crippen molar-refractivity contribution in [1.82, 2.24) is 14.5 Å². The molecule has 2 heterocycles. The maximum absolute atomic E-state index is 12.3. The third kappa shape index (κ3) is 2.55. The first kappa shape index (κ1) is 14.6. The highest BCUT2D eigenvalue weighted by molar-refractivity contribution is 5.92. The van der Waals surface area contributed by atoms with Crippen LogP contribution < -0.4 is 0 Å². The zero-order valence-corrected chi connectivity index (χ0v) is 12.0. The summed E-state index contributed by atoms with van der Waals surface area (Å²) < 4.78 is 1.69. The van der Waals surface area contributed by atoms with E-state index in [2.05, 4.69) is 4.98 Å². The Kier molecular flexibility index (Phi) is 4.11. The van der Waals surface area contributed by atoms with E-state index in [1.165, 1.54) is 0 Å². The van der Waals surface area contributed by atoms with Gasteiger partial charge in [0.25, 0.3) is 5.91 Å². The van der Waals surface area contributed by atoms with Crippen molar-refractivity contribution in [1.29, 1.82) is 0 Å². The molecule has 1 aromatic rings. The van der Waals surface area contributed by atoms with E-state index in [9.17, 15) is 14.7 Å². The Morgan fingerprint density at radius 2 is 2.05 bits per heavy atom. The minimum atomic E-state index is -0.730. The molecule has 1 saturated heterocycles. The van der Waals surface area contributed by atoms with Crippen LogP contribution in [0.4, 0.5) is 0 Å². The number of nitrogens with zero attached hydrogens (tertiary/aromatic N) is 3. The summed E-state index contributed by atoms with van der Waals surface area (Å²) in [4.78, 5) is 29.5. The smallest absolute Gasteiger partial charge is 0.309 e. The highest BCUT2D eigenvalue weighted by atomic mass is 16.4. The van der Waals surface area contributed by atoms with E-state index in [4.69, 9.17) is 0 Å². The fourth-order valence-corrected chi connectivity index (χ4v) is 2.91. The van der Waals surface area contributed by atoms with Gasteiger partial charge in [0.05, 0.1) is 17.9 Å². The van der Waals surface area contributed by atoms with Gasteiger partial charge in [0.15, 0.2) is 0 Å². The molecular weight excluding hydrogens is 258 g/mol. The molecule has 6 heteroatoms. The molecule has 1 fully saturated rings. The first-order valence-corrected chi connectivity index (χ1v) is 6.99. The van der Waals surface area contributed by atoms with Crippen LogP contribution in [0.5, 0.6) is 0 Å². The maximum atomic E-state index is 12.3. The number of aryl methyl sites for hydroxylation is 1. The Morgan fingerprint density at radius 3 is 2.50 bits per heavy atom. The Labute approximate surface area is 118 Å². The molecule has 1 aliphatic rings. The van der Waals surface area contributed by atoms with E-state index in [-0.39, 0.29) is 5.91 Å². The fourth-order valence-electron chi connectivity index (χ4n) is 2.91. The third-order valence-electron chi connectivity index (χ3n) is 4.23. The molecule has 0 aliphatic carbocycles. The number of carbonyl (C=O) groups excluding carboxylic acids is 1. The summed E-state index contributed by atoms with van der Waals surface area (Å²) in [5.74, 6) is -0.799. The molecule has 1 amide bonds. The number of likely N-dealkylation sites (tertiary alicyclic amines) is 1. The quantitative estimate of drug-likeness (QED) is 0.906. The average molecular weight is 279 g/mol. The van der Waals surface area contributed by atoms with Crippen molar-refractivity contribution in [2.45, 2.75) is 32.6 Å². The number of piperidine rings is 1. The lowest BCUT2D eigenvalue weighted by Crippen LogP contribution is -2.46. The minimum Gasteiger partial charge on any atom is -0.481 e. The van der Waals surface area contributed by atoms with Crippen molar-refractivity contribution < 1.29 is 14.7 Å². The van der Waals surface area contributed by atoms with Crippen molar-refractivity contribution in [2.24, 2.45) is 12.5 Å². The number of amides is 1. The Morgan fingerprint density at radius 1 is 1.40 bits per heavy atom. The molecule has 0 atom stereocenters. The van der Waals surface area contributed by atoms with Crippen LogP contribution in [0.15, 0.2) is 12.5 Å². The van der Waals surface area contributed by atoms with Crippen LogP contribution >= 0.6 is 0 Å². The molecular formula is C14H21N3O3. The fraction of sp³-hybridized carbons (Fsp3) is 0.643. The Hall–Kier alpha value is -1.85. The summed E-state index contributed by atoms with van der Waals surface area (Å²) in [5, 5.41) is 9.46. The van der Waals surface area contributed by atoms with Gasteiger partial charge in [-0.1, -0.05) is 13.3 Å². The lowest BCUT2D eigenvalue weighted by molar-refractivity contribution is -0.152. The highest BCUT2D eigenvalue weighted by Crippen LogP contribution is 2.36. The van der Waals surface area contributed by atoms with Gasteiger partial charge in [0, 0.05) is 20.1 Å². The molecule has 0 saturated carbocycles. The molecule has 0 unspecified atom stereocenters. The topological polar surface area (TPSA) is 75.4 Å². The number of carbonyl (C=O) groups is 2. The number of hydrogen-bond acceptors (Lipinski definition) is 3. The first-order chi connectivity index (χ1) is 9.50. The molecule has 0 aromatic carbocycles. The molecule has 0 radical (unpaired) electrons. The van der Waals surface area contributed by atoms with Crippen molar-refractivity contribution in [3.63, 3.8) is 0 Å². The zero-order chi connectivity index (χ0) is 14.8. The average Bonchev–Trinajstić information content (AvgIpc) is 2.85. The number of hydrogen-bond donors (Lipinski definition) is 1. The van der Waals surface area contributed by atoms with Crippen molar-refractivity contribution >= 4 is 11.9 Å². The highest BCUT2D eigenvalue weighted by Gasteiger charge is 2.41. The van der Waals surface area contributed by atoms with Gasteiger partial charge in [-0.05, 0) is 19.3 Å². The SMILES string of the molecule is CCCC1(C(=O)O)CCN(C(=O)c2cncn2C)CC1. The second-order valence-corrected chi connectivity index (χ2v) is 5.52. The van der Waals surface area contributed by atoms with E-state index >= 15 is 0 Å². The molecule has 20 heavy (non-hydrogen) atoms. The molecule has 6 nitrogen and oxygen atoms in total. The van der Waals surface area contributed by atoms with E-state index in [0.29, 0.717) is 38.0 Å². The second-order valence-electron chi connectivity index (χ2n) is 5.52. The summed E-state index contributed by atoms with van der Waals surface area (Å²) in [6.07, 6.45) is 5.72. The number of carboxylic acid groups (broad SMARTS) is 1. The summed E-state index contributed by atoms with van der Waals surface area (Å²) in [5.41, 5.74) is -0.110. The summed E-state index contributed by atoms with van der Waals surface area (Å²) in [6.45, 7) is 2.99. The van der Waals surface area contributed by atoms with Crippen LogP contribution in [0, 0.1) is 5.41 Å². The minimum absolute atomic E-state index is 0.0690. The third-order valence-corrected chi connectivity index (χ3v) is 4.23. The van der Waals surface area contributed by atoms with Crippen molar-refractivity contribution in [3.8, 4) is 0 Å². The Bertz CT molecular complexity index is 502. The number of carboxylic acids is 1. The van der Waals surface area contributed by atoms with Gasteiger partial charge in [0.2, 0.25) is 0 Å². The lowest BCUT2D eigenvalue weighted by atomic mass is 9.75. The maximum Gasteiger partial charge on any atom is 0.309 e. The number of aromatic nitrogens is 2. The lowest BCUT2D eigenvalue weighted by Gasteiger charge is -2.38. The molecule has 1 aliphatic heterocycles. The monoisotopic (exact) mass is 279 g/mol. The first-order valence-electron chi connectivity index (χ1n) is 6.99. The van der Waals surface area contributed by atoms with E-state index in [1.807, 2.05) is 6.92 Å². The van der Waals surface area contributed by atoms with Gasteiger partial charge < -0.3 is 14.6 Å². The number of rotatable bonds is 4. The summed E-state index contributed by atoms with van der Waals surface area (Å²) in [6, 6.07) is 0. The van der Waals surface area contributed by atoms with Gasteiger partial charge in [-0.3, -0.25) is 9.59 Å². The van der Waals surface area contributed by atoms with Crippen LogP contribution in [-0.2, 0) is 11.8 Å². The molecule has 110 valence electrons. The van der Waals surface area contributed by atoms with Gasteiger partial charge >= 0.3 is 5.97 Å². The summed E-state index contributed by atoms with van der Waals surface area (Å²) in [7, 11) is 1.78. The molecule has 1 aromatic heterocycles. The summed E-state index contributed by atoms with van der Waals surface area (Å²) >= 11 is 0. The van der Waals surface area contributed by atoms with Crippen LogP contribution in [-0.4, -0.2) is 44.5 Å². The van der Waals surface area contributed by atoms with E-state index in [1.54, 1.807) is 29.0 Å². The van der Waals surface area contributed by atoms with Gasteiger partial charge in [-0.2, -0.15) is 0 Å². The van der Waals surface area contributed by atoms with Crippen LogP contribution in [0.25, 0.3) is 0 Å². The van der Waals surface area contributed by atoms with E-state index < -0.39 is 11.4 Å². The number of imidazole rings is 1. The van der Waals surface area contributed by atoms with Gasteiger partial charge in [-0.15, -0.1) is 0 Å². The van der Waals surface area contributed by atoms with Crippen molar-refractivity contribution in [3.05, 3.63) is 18.2 Å². The predicted octanol–water partition coefficient (Wildman–Crippen LogP) is 1.53. The Balaban J connectivity index is 2.05. The largest absolute Gasteiger partial charge is 0.481 e. The van der Waals surface area contributed by atoms with Crippen LogP contribution in [0.2, 0.25) is 0 Å². The molecule has 1 N–H and O–H groups in total. The van der Waals surface area contributed by atoms with Gasteiger partial charge in [-0.25, -0.2) is 4.98 Å². The molecule has 0 bridgehead atoms. The zero-order valence-electron chi connectivity index (χ0n) is 12.0. The van der Waals surface area contributed by atoms with Crippen molar-refractivity contribution in [2.75, 3.05) is 13.1 Å². The normalized spacial score (nSPS) is 18.0.